The van der Waals surface area contributed by atoms with E-state index in [1.165, 1.54) is 6.07 Å². The molecule has 6 nitrogen and oxygen atoms in total. The summed E-state index contributed by atoms with van der Waals surface area (Å²) in [6.07, 6.45) is 4.09. The average molecular weight is 345 g/mol. The lowest BCUT2D eigenvalue weighted by Gasteiger charge is -2.07. The summed E-state index contributed by atoms with van der Waals surface area (Å²) in [7, 11) is -3.31. The summed E-state index contributed by atoms with van der Waals surface area (Å²) in [4.78, 5) is 15.9. The molecule has 0 N–H and O–H groups in total. The third-order valence-electron chi connectivity index (χ3n) is 3.95. The molecule has 126 valence electrons. The standard InChI is InChI=1S/C17H19N3O3S/c1-13-5-3-6-15(11-13)24(22,23)10-4-7-19-8-9-20-14(2)12-16(21)18-17(19)20/h3,5-6,8-9,11-12H,4,7,10H2,1-2H3. The van der Waals surface area contributed by atoms with Crippen LogP contribution < -0.4 is 5.56 Å². The molecule has 0 amide bonds. The summed E-state index contributed by atoms with van der Waals surface area (Å²) in [6, 6.07) is 8.40. The summed E-state index contributed by atoms with van der Waals surface area (Å²) in [5, 5.41) is 0. The van der Waals surface area contributed by atoms with E-state index in [0.717, 1.165) is 11.3 Å². The number of hydrogen-bond donors (Lipinski definition) is 0. The monoisotopic (exact) mass is 345 g/mol. The van der Waals surface area contributed by atoms with Gasteiger partial charge in [-0.1, -0.05) is 12.1 Å². The number of imidazole rings is 1. The Morgan fingerprint density at radius 2 is 1.92 bits per heavy atom. The van der Waals surface area contributed by atoms with Crippen molar-refractivity contribution < 1.29 is 8.42 Å². The van der Waals surface area contributed by atoms with Crippen LogP contribution in [0.25, 0.3) is 5.78 Å². The van der Waals surface area contributed by atoms with Crippen molar-refractivity contribution in [1.82, 2.24) is 14.0 Å². The van der Waals surface area contributed by atoms with Gasteiger partial charge in [0.1, 0.15) is 0 Å². The van der Waals surface area contributed by atoms with Crippen LogP contribution in [0, 0.1) is 13.8 Å². The van der Waals surface area contributed by atoms with Crippen molar-refractivity contribution in [3.05, 3.63) is 64.3 Å². The van der Waals surface area contributed by atoms with Crippen molar-refractivity contribution in [2.45, 2.75) is 31.7 Å². The molecule has 0 unspecified atom stereocenters. The van der Waals surface area contributed by atoms with E-state index in [2.05, 4.69) is 4.98 Å². The van der Waals surface area contributed by atoms with Gasteiger partial charge in [-0.3, -0.25) is 9.20 Å². The van der Waals surface area contributed by atoms with Crippen molar-refractivity contribution in [3.8, 4) is 0 Å². The smallest absolute Gasteiger partial charge is 0.274 e. The highest BCUT2D eigenvalue weighted by molar-refractivity contribution is 7.91. The summed E-state index contributed by atoms with van der Waals surface area (Å²) in [5.41, 5.74) is 1.43. The molecule has 0 aliphatic rings. The van der Waals surface area contributed by atoms with E-state index in [1.807, 2.05) is 36.7 Å². The normalized spacial score (nSPS) is 11.9. The van der Waals surface area contributed by atoms with Crippen LogP contribution in [-0.2, 0) is 16.4 Å². The zero-order valence-corrected chi connectivity index (χ0v) is 14.5. The number of nitrogens with zero attached hydrogens (tertiary/aromatic N) is 3. The van der Waals surface area contributed by atoms with Crippen LogP contribution in [0.3, 0.4) is 0 Å². The number of aromatic nitrogens is 3. The van der Waals surface area contributed by atoms with E-state index in [1.54, 1.807) is 22.8 Å². The van der Waals surface area contributed by atoms with E-state index in [-0.39, 0.29) is 11.3 Å². The van der Waals surface area contributed by atoms with Crippen molar-refractivity contribution in [2.75, 3.05) is 5.75 Å². The Bertz CT molecular complexity index is 1050. The lowest BCUT2D eigenvalue weighted by atomic mass is 10.2. The first-order valence-electron chi connectivity index (χ1n) is 7.71. The lowest BCUT2D eigenvalue weighted by Crippen LogP contribution is -2.13. The highest BCUT2D eigenvalue weighted by atomic mass is 32.2. The van der Waals surface area contributed by atoms with Gasteiger partial charge in [0.25, 0.3) is 5.56 Å². The van der Waals surface area contributed by atoms with Gasteiger partial charge in [-0.2, -0.15) is 4.98 Å². The number of fused-ring (bicyclic) bond motifs is 1. The van der Waals surface area contributed by atoms with Crippen LogP contribution in [0.2, 0.25) is 0 Å². The van der Waals surface area contributed by atoms with Gasteiger partial charge in [-0.05, 0) is 38.0 Å². The zero-order valence-electron chi connectivity index (χ0n) is 13.6. The Morgan fingerprint density at radius 3 is 2.67 bits per heavy atom. The topological polar surface area (TPSA) is 73.4 Å². The highest BCUT2D eigenvalue weighted by Gasteiger charge is 2.14. The van der Waals surface area contributed by atoms with Gasteiger partial charge >= 0.3 is 0 Å². The second kappa shape index (κ2) is 6.24. The minimum atomic E-state index is -3.31. The minimum Gasteiger partial charge on any atom is -0.317 e. The highest BCUT2D eigenvalue weighted by Crippen LogP contribution is 2.14. The maximum Gasteiger partial charge on any atom is 0.274 e. The van der Waals surface area contributed by atoms with Crippen LogP contribution in [0.4, 0.5) is 0 Å². The molecule has 0 fully saturated rings. The van der Waals surface area contributed by atoms with Gasteiger partial charge in [0.2, 0.25) is 5.78 Å². The third-order valence-corrected chi connectivity index (χ3v) is 5.75. The lowest BCUT2D eigenvalue weighted by molar-refractivity contribution is 0.587. The van der Waals surface area contributed by atoms with Gasteiger partial charge < -0.3 is 4.57 Å². The van der Waals surface area contributed by atoms with Crippen molar-refractivity contribution in [3.63, 3.8) is 0 Å². The Hall–Kier alpha value is -2.41. The third kappa shape index (κ3) is 3.26. The molecule has 1 aromatic carbocycles. The van der Waals surface area contributed by atoms with Gasteiger partial charge in [0.05, 0.1) is 10.6 Å². The predicted molar refractivity (Wildman–Crippen MR) is 92.0 cm³/mol. The molecule has 0 bridgehead atoms. The van der Waals surface area contributed by atoms with Gasteiger partial charge in [0.15, 0.2) is 9.84 Å². The summed E-state index contributed by atoms with van der Waals surface area (Å²) < 4.78 is 28.4. The SMILES string of the molecule is Cc1cccc(S(=O)(=O)CCCn2ccn3c(C)cc(=O)nc23)c1. The van der Waals surface area contributed by atoms with Gasteiger partial charge in [0, 0.05) is 30.7 Å². The van der Waals surface area contributed by atoms with Crippen LogP contribution in [0.15, 0.2) is 52.4 Å². The Balaban J connectivity index is 1.76. The second-order valence-electron chi connectivity index (χ2n) is 5.89. The van der Waals surface area contributed by atoms with Crippen LogP contribution in [0.1, 0.15) is 17.7 Å². The molecule has 0 saturated heterocycles. The van der Waals surface area contributed by atoms with Crippen molar-refractivity contribution in [1.29, 1.82) is 0 Å². The van der Waals surface area contributed by atoms with Crippen LogP contribution >= 0.6 is 0 Å². The Labute approximate surface area is 140 Å². The van der Waals surface area contributed by atoms with Crippen molar-refractivity contribution >= 4 is 15.6 Å². The minimum absolute atomic E-state index is 0.0524. The van der Waals surface area contributed by atoms with Crippen LogP contribution in [-0.4, -0.2) is 28.1 Å². The molecule has 0 saturated carbocycles. The maximum atomic E-state index is 12.4. The van der Waals surface area contributed by atoms with E-state index in [9.17, 15) is 13.2 Å². The molecule has 0 aliphatic carbocycles. The molecule has 3 rings (SSSR count). The first-order valence-corrected chi connectivity index (χ1v) is 9.37. The molecule has 0 radical (unpaired) electrons. The quantitative estimate of drug-likeness (QED) is 0.709. The fourth-order valence-corrected chi connectivity index (χ4v) is 4.11. The molecule has 0 spiro atoms. The maximum absolute atomic E-state index is 12.4. The van der Waals surface area contributed by atoms with Gasteiger partial charge in [-0.25, -0.2) is 8.42 Å². The Kier molecular flexibility index (Phi) is 4.28. The fourth-order valence-electron chi connectivity index (χ4n) is 2.72. The van der Waals surface area contributed by atoms with E-state index < -0.39 is 9.84 Å². The molecule has 7 heteroatoms. The molecule has 0 atom stereocenters. The molecule has 2 aromatic heterocycles. The second-order valence-corrected chi connectivity index (χ2v) is 8.00. The van der Waals surface area contributed by atoms with E-state index >= 15 is 0 Å². The predicted octanol–water partition coefficient (Wildman–Crippen LogP) is 1.98. The van der Waals surface area contributed by atoms with E-state index in [4.69, 9.17) is 0 Å². The first kappa shape index (κ1) is 16.4. The molecule has 24 heavy (non-hydrogen) atoms. The summed E-state index contributed by atoms with van der Waals surface area (Å²) >= 11 is 0. The molecule has 2 heterocycles. The first-order chi connectivity index (χ1) is 11.4. The summed E-state index contributed by atoms with van der Waals surface area (Å²) in [5.74, 6) is 0.588. The summed E-state index contributed by atoms with van der Waals surface area (Å²) in [6.45, 7) is 4.19. The average Bonchev–Trinajstić information content (AvgIpc) is 2.90. The Morgan fingerprint density at radius 1 is 1.12 bits per heavy atom. The number of aryl methyl sites for hydroxylation is 3. The number of hydrogen-bond acceptors (Lipinski definition) is 4. The largest absolute Gasteiger partial charge is 0.317 e. The fraction of sp³-hybridized carbons (Fsp3) is 0.294. The van der Waals surface area contributed by atoms with Crippen LogP contribution in [0.5, 0.6) is 0 Å². The van der Waals surface area contributed by atoms with Crippen molar-refractivity contribution in [2.24, 2.45) is 0 Å². The number of rotatable bonds is 5. The molecule has 3 aromatic rings. The van der Waals surface area contributed by atoms with E-state index in [0.29, 0.717) is 23.6 Å². The molecular weight excluding hydrogens is 326 g/mol. The molecular formula is C17H19N3O3S. The number of benzene rings is 1. The van der Waals surface area contributed by atoms with Gasteiger partial charge in [-0.15, -0.1) is 0 Å². The zero-order chi connectivity index (χ0) is 17.3. The number of sulfone groups is 1. The molecule has 0 aliphatic heterocycles.